The summed E-state index contributed by atoms with van der Waals surface area (Å²) < 4.78 is 16.7. The molecule has 0 saturated carbocycles. The highest BCUT2D eigenvalue weighted by Gasteiger charge is 2.25. The van der Waals surface area contributed by atoms with E-state index >= 15 is 0 Å². The zero-order valence-corrected chi connectivity index (χ0v) is 18.4. The summed E-state index contributed by atoms with van der Waals surface area (Å²) >= 11 is 0. The first-order chi connectivity index (χ1) is 15.5. The SMILES string of the molecule is CCC(=O)Nc1ccc(-c2ccc(C(=O)N3CCc4cc(OC)c(OC)cc4C3)o2)cc1. The number of hydrogen-bond donors (Lipinski definition) is 1. The number of benzene rings is 2. The zero-order chi connectivity index (χ0) is 22.7. The first-order valence-corrected chi connectivity index (χ1v) is 10.6. The van der Waals surface area contributed by atoms with Gasteiger partial charge in [0.25, 0.3) is 5.91 Å². The number of amides is 2. The van der Waals surface area contributed by atoms with Gasteiger partial charge < -0.3 is 24.1 Å². The Morgan fingerprint density at radius 3 is 2.34 bits per heavy atom. The van der Waals surface area contributed by atoms with Crippen molar-refractivity contribution in [3.8, 4) is 22.8 Å². The first kappa shape index (κ1) is 21.5. The van der Waals surface area contributed by atoms with Crippen molar-refractivity contribution in [2.75, 3.05) is 26.1 Å². The number of hydrogen-bond acceptors (Lipinski definition) is 5. The van der Waals surface area contributed by atoms with E-state index in [1.807, 2.05) is 36.4 Å². The van der Waals surface area contributed by atoms with Crippen LogP contribution in [-0.2, 0) is 17.8 Å². The summed E-state index contributed by atoms with van der Waals surface area (Å²) in [7, 11) is 3.22. The van der Waals surface area contributed by atoms with Crippen LogP contribution in [0.3, 0.4) is 0 Å². The lowest BCUT2D eigenvalue weighted by Crippen LogP contribution is -2.35. The molecule has 2 amide bonds. The molecule has 1 aliphatic rings. The number of ether oxygens (including phenoxy) is 2. The maximum absolute atomic E-state index is 13.1. The Bertz CT molecular complexity index is 1130. The van der Waals surface area contributed by atoms with Gasteiger partial charge in [0.05, 0.1) is 14.2 Å². The number of methoxy groups -OCH3 is 2. The van der Waals surface area contributed by atoms with Crippen molar-refractivity contribution in [2.45, 2.75) is 26.3 Å². The van der Waals surface area contributed by atoms with Crippen LogP contribution in [0.5, 0.6) is 11.5 Å². The van der Waals surface area contributed by atoms with Gasteiger partial charge in [0.2, 0.25) is 5.91 Å². The number of fused-ring (bicyclic) bond motifs is 1. The molecule has 1 aliphatic heterocycles. The molecule has 0 aliphatic carbocycles. The van der Waals surface area contributed by atoms with Gasteiger partial charge in [-0.15, -0.1) is 0 Å². The van der Waals surface area contributed by atoms with Gasteiger partial charge in [-0.3, -0.25) is 9.59 Å². The molecule has 1 N–H and O–H groups in total. The maximum Gasteiger partial charge on any atom is 0.289 e. The van der Waals surface area contributed by atoms with E-state index in [0.717, 1.165) is 28.8 Å². The lowest BCUT2D eigenvalue weighted by Gasteiger charge is -2.29. The molecule has 3 aromatic rings. The van der Waals surface area contributed by atoms with Gasteiger partial charge in [0, 0.05) is 30.8 Å². The summed E-state index contributed by atoms with van der Waals surface area (Å²) in [4.78, 5) is 26.4. The largest absolute Gasteiger partial charge is 0.493 e. The van der Waals surface area contributed by atoms with E-state index in [4.69, 9.17) is 13.9 Å². The van der Waals surface area contributed by atoms with Gasteiger partial charge in [0.15, 0.2) is 17.3 Å². The molecule has 0 radical (unpaired) electrons. The van der Waals surface area contributed by atoms with E-state index in [1.54, 1.807) is 38.2 Å². The van der Waals surface area contributed by atoms with Crippen LogP contribution in [0.15, 0.2) is 52.9 Å². The molecule has 0 atom stereocenters. The minimum Gasteiger partial charge on any atom is -0.493 e. The van der Waals surface area contributed by atoms with Gasteiger partial charge >= 0.3 is 0 Å². The van der Waals surface area contributed by atoms with Crippen molar-refractivity contribution >= 4 is 17.5 Å². The fourth-order valence-electron chi connectivity index (χ4n) is 3.79. The highest BCUT2D eigenvalue weighted by atomic mass is 16.5. The average molecular weight is 434 g/mol. The van der Waals surface area contributed by atoms with E-state index in [-0.39, 0.29) is 11.8 Å². The predicted molar refractivity (Wildman–Crippen MR) is 121 cm³/mol. The Kier molecular flexibility index (Phi) is 6.16. The topological polar surface area (TPSA) is 81.0 Å². The highest BCUT2D eigenvalue weighted by molar-refractivity contribution is 5.92. The van der Waals surface area contributed by atoms with Crippen LogP contribution < -0.4 is 14.8 Å². The molecule has 0 bridgehead atoms. The molecule has 1 aromatic heterocycles. The second-order valence-corrected chi connectivity index (χ2v) is 7.60. The Labute approximate surface area is 186 Å². The third kappa shape index (κ3) is 4.32. The molecule has 2 heterocycles. The average Bonchev–Trinajstić information content (AvgIpc) is 3.33. The lowest BCUT2D eigenvalue weighted by molar-refractivity contribution is -0.115. The monoisotopic (exact) mass is 434 g/mol. The van der Waals surface area contributed by atoms with Crippen LogP contribution in [0.4, 0.5) is 5.69 Å². The van der Waals surface area contributed by atoms with Gasteiger partial charge in [-0.25, -0.2) is 0 Å². The molecule has 0 unspecified atom stereocenters. The van der Waals surface area contributed by atoms with Crippen LogP contribution in [0.25, 0.3) is 11.3 Å². The van der Waals surface area contributed by atoms with Crippen LogP contribution in [0.1, 0.15) is 35.0 Å². The van der Waals surface area contributed by atoms with Gasteiger partial charge in [0.1, 0.15) is 5.76 Å². The number of rotatable bonds is 6. The van der Waals surface area contributed by atoms with Gasteiger partial charge in [-0.05, 0) is 66.1 Å². The fourth-order valence-corrected chi connectivity index (χ4v) is 3.79. The van der Waals surface area contributed by atoms with Crippen molar-refractivity contribution < 1.29 is 23.5 Å². The van der Waals surface area contributed by atoms with Crippen LogP contribution in [0, 0.1) is 0 Å². The summed E-state index contributed by atoms with van der Waals surface area (Å²) in [5.41, 5.74) is 3.75. The van der Waals surface area contributed by atoms with Crippen LogP contribution >= 0.6 is 0 Å². The first-order valence-electron chi connectivity index (χ1n) is 10.6. The van der Waals surface area contributed by atoms with Crippen molar-refractivity contribution in [3.63, 3.8) is 0 Å². The second-order valence-electron chi connectivity index (χ2n) is 7.60. The van der Waals surface area contributed by atoms with Crippen molar-refractivity contribution in [1.29, 1.82) is 0 Å². The van der Waals surface area contributed by atoms with E-state index in [0.29, 0.717) is 42.5 Å². The van der Waals surface area contributed by atoms with Crippen LogP contribution in [0.2, 0.25) is 0 Å². The Morgan fingerprint density at radius 2 is 1.69 bits per heavy atom. The number of carbonyl (C=O) groups excluding carboxylic acids is 2. The molecule has 0 spiro atoms. The summed E-state index contributed by atoms with van der Waals surface area (Å²) in [6, 6.07) is 14.7. The number of nitrogens with one attached hydrogen (secondary N) is 1. The predicted octanol–water partition coefficient (Wildman–Crippen LogP) is 4.51. The summed E-state index contributed by atoms with van der Waals surface area (Å²) in [6.45, 7) is 2.89. The number of nitrogens with zero attached hydrogens (tertiary/aromatic N) is 1. The van der Waals surface area contributed by atoms with Gasteiger partial charge in [-0.2, -0.15) is 0 Å². The number of anilines is 1. The summed E-state index contributed by atoms with van der Waals surface area (Å²) in [5, 5.41) is 2.81. The van der Waals surface area contributed by atoms with E-state index in [2.05, 4.69) is 5.32 Å². The lowest BCUT2D eigenvalue weighted by atomic mass is 9.98. The molecule has 166 valence electrons. The van der Waals surface area contributed by atoms with E-state index in [1.165, 1.54) is 0 Å². The second kappa shape index (κ2) is 9.18. The Balaban J connectivity index is 1.48. The normalized spacial score (nSPS) is 12.8. The summed E-state index contributed by atoms with van der Waals surface area (Å²) in [6.07, 6.45) is 1.16. The molecular weight excluding hydrogens is 408 g/mol. The molecule has 32 heavy (non-hydrogen) atoms. The molecule has 0 fully saturated rings. The smallest absolute Gasteiger partial charge is 0.289 e. The molecule has 2 aromatic carbocycles. The fraction of sp³-hybridized carbons (Fsp3) is 0.280. The molecule has 7 heteroatoms. The third-order valence-electron chi connectivity index (χ3n) is 5.60. The van der Waals surface area contributed by atoms with Crippen molar-refractivity contribution in [2.24, 2.45) is 0 Å². The highest BCUT2D eigenvalue weighted by Crippen LogP contribution is 2.34. The zero-order valence-electron chi connectivity index (χ0n) is 18.4. The van der Waals surface area contributed by atoms with E-state index in [9.17, 15) is 9.59 Å². The summed E-state index contributed by atoms with van der Waals surface area (Å²) in [5.74, 6) is 2.06. The minimum atomic E-state index is -0.150. The van der Waals surface area contributed by atoms with Gasteiger partial charge in [-0.1, -0.05) is 6.92 Å². The Morgan fingerprint density at radius 1 is 1.00 bits per heavy atom. The minimum absolute atomic E-state index is 0.0391. The molecule has 4 rings (SSSR count). The molecule has 7 nitrogen and oxygen atoms in total. The van der Waals surface area contributed by atoms with Crippen LogP contribution in [-0.4, -0.2) is 37.5 Å². The number of furan rings is 1. The van der Waals surface area contributed by atoms with Crippen molar-refractivity contribution in [1.82, 2.24) is 4.90 Å². The standard InChI is InChI=1S/C25H26N2O5/c1-4-24(28)26-19-7-5-16(6-8-19)20-9-10-21(32-20)25(29)27-12-11-17-13-22(30-2)23(31-3)14-18(17)15-27/h5-10,13-14H,4,11-12,15H2,1-3H3,(H,26,28). The quantitative estimate of drug-likeness (QED) is 0.617. The number of carbonyl (C=O) groups is 2. The molecule has 0 saturated heterocycles. The molecular formula is C25H26N2O5. The third-order valence-corrected chi connectivity index (χ3v) is 5.60. The maximum atomic E-state index is 13.1. The van der Waals surface area contributed by atoms with E-state index < -0.39 is 0 Å². The van der Waals surface area contributed by atoms with Crippen molar-refractivity contribution in [3.05, 3.63) is 65.4 Å². The Hall–Kier alpha value is -3.74.